The summed E-state index contributed by atoms with van der Waals surface area (Å²) in [5, 5.41) is 0.463. The zero-order valence-corrected chi connectivity index (χ0v) is 8.54. The van der Waals surface area contributed by atoms with Gasteiger partial charge in [-0.25, -0.2) is 13.8 Å². The molecule has 75 valence electrons. The highest BCUT2D eigenvalue weighted by Gasteiger charge is 2.46. The Bertz CT molecular complexity index is 340. The molecule has 1 aromatic rings. The van der Waals surface area contributed by atoms with Crippen LogP contribution in [0.15, 0.2) is 12.1 Å². The van der Waals surface area contributed by atoms with Gasteiger partial charge in [0.25, 0.3) is 0 Å². The Morgan fingerprint density at radius 3 is 2.07 bits per heavy atom. The Labute approximate surface area is 90.0 Å². The molecule has 0 saturated heterocycles. The van der Waals surface area contributed by atoms with Crippen LogP contribution in [-0.4, -0.2) is 10.9 Å². The summed E-state index contributed by atoms with van der Waals surface area (Å²) in [4.78, 5) is 3.74. The van der Waals surface area contributed by atoms with Crippen molar-refractivity contribution in [2.45, 2.75) is 18.8 Å². The number of nitrogens with zero attached hydrogens (tertiary/aromatic N) is 1. The van der Waals surface area contributed by atoms with Crippen molar-refractivity contribution in [3.63, 3.8) is 0 Å². The van der Waals surface area contributed by atoms with Crippen LogP contribution < -0.4 is 0 Å². The van der Waals surface area contributed by atoms with Crippen LogP contribution >= 0.6 is 23.2 Å². The Morgan fingerprint density at radius 2 is 1.64 bits per heavy atom. The van der Waals surface area contributed by atoms with Crippen LogP contribution in [-0.2, 0) is 0 Å². The third kappa shape index (κ3) is 1.98. The normalized spacial score (nSPS) is 20.6. The first kappa shape index (κ1) is 10.1. The molecule has 1 saturated carbocycles. The fourth-order valence-electron chi connectivity index (χ4n) is 1.45. The molecule has 1 aromatic heterocycles. The summed E-state index contributed by atoms with van der Waals surface area (Å²) in [5.41, 5.74) is 0.668. The van der Waals surface area contributed by atoms with Gasteiger partial charge in [0, 0.05) is 18.8 Å². The van der Waals surface area contributed by atoms with Gasteiger partial charge in [-0.05, 0) is 17.7 Å². The van der Waals surface area contributed by atoms with Crippen molar-refractivity contribution in [1.82, 2.24) is 4.98 Å². The number of halogens is 4. The fourth-order valence-corrected chi connectivity index (χ4v) is 1.91. The topological polar surface area (TPSA) is 12.9 Å². The second-order valence-electron chi connectivity index (χ2n) is 3.31. The Kier molecular flexibility index (Phi) is 2.40. The number of aromatic nitrogens is 1. The maximum Gasteiger partial charge on any atom is 0.249 e. The molecule has 1 aliphatic rings. The lowest BCUT2D eigenvalue weighted by atomic mass is 9.77. The molecule has 0 N–H and O–H groups in total. The fraction of sp³-hybridized carbons (Fsp3) is 0.333. The third-order valence-electron chi connectivity index (χ3n) is 2.12. The summed E-state index contributed by atoms with van der Waals surface area (Å²) in [5.74, 6) is -1.88. The molecule has 0 bridgehead atoms. The molecule has 0 amide bonds. The van der Waals surface area contributed by atoms with Gasteiger partial charge in [-0.15, -0.1) is 0 Å². The highest BCUT2D eigenvalue weighted by atomic mass is 35.5. The number of hydrogen-bond acceptors (Lipinski definition) is 1. The van der Waals surface area contributed by atoms with Crippen molar-refractivity contribution in [2.75, 3.05) is 0 Å². The maximum atomic E-state index is 12.6. The van der Waals surface area contributed by atoms with Gasteiger partial charge >= 0.3 is 0 Å². The molecule has 14 heavy (non-hydrogen) atoms. The van der Waals surface area contributed by atoms with E-state index in [1.54, 1.807) is 12.1 Å². The van der Waals surface area contributed by atoms with E-state index in [1.165, 1.54) is 0 Å². The first-order valence-corrected chi connectivity index (χ1v) is 4.78. The number of rotatable bonds is 1. The van der Waals surface area contributed by atoms with E-state index in [0.717, 1.165) is 0 Å². The van der Waals surface area contributed by atoms with Gasteiger partial charge in [0.15, 0.2) is 0 Å². The van der Waals surface area contributed by atoms with Crippen molar-refractivity contribution in [2.24, 2.45) is 0 Å². The third-order valence-corrected chi connectivity index (χ3v) is 2.50. The standard InChI is InChI=1S/C9H6Cl2F2N/c10-7-1-5(2-8(11)14-7)6-3-9(12,13)4-6/h1-2H,3-4H2. The minimum Gasteiger partial charge on any atom is -0.224 e. The van der Waals surface area contributed by atoms with Crippen molar-refractivity contribution < 1.29 is 8.78 Å². The van der Waals surface area contributed by atoms with E-state index in [0.29, 0.717) is 11.5 Å². The van der Waals surface area contributed by atoms with Crippen LogP contribution in [0.2, 0.25) is 10.3 Å². The molecule has 1 fully saturated rings. The molecule has 1 heterocycles. The van der Waals surface area contributed by atoms with Crippen LogP contribution in [0, 0.1) is 5.92 Å². The molecule has 1 aliphatic carbocycles. The quantitative estimate of drug-likeness (QED) is 0.678. The Morgan fingerprint density at radius 1 is 1.14 bits per heavy atom. The first-order valence-electron chi connectivity index (χ1n) is 4.02. The van der Waals surface area contributed by atoms with Crippen molar-refractivity contribution in [1.29, 1.82) is 0 Å². The summed E-state index contributed by atoms with van der Waals surface area (Å²) < 4.78 is 25.1. The average Bonchev–Trinajstić information content (AvgIpc) is 1.97. The van der Waals surface area contributed by atoms with Gasteiger partial charge in [-0.2, -0.15) is 0 Å². The Balaban J connectivity index is 2.18. The summed E-state index contributed by atoms with van der Waals surface area (Å²) in [6.07, 6.45) is -0.409. The van der Waals surface area contributed by atoms with E-state index >= 15 is 0 Å². The van der Waals surface area contributed by atoms with Crippen LogP contribution in [0.1, 0.15) is 18.4 Å². The van der Waals surface area contributed by atoms with E-state index in [9.17, 15) is 8.78 Å². The van der Waals surface area contributed by atoms with Crippen LogP contribution in [0.3, 0.4) is 0 Å². The SMILES string of the molecule is FC1(F)C[C](c2cc(Cl)nc(Cl)c2)C1. The molecule has 0 unspecified atom stereocenters. The van der Waals surface area contributed by atoms with E-state index in [2.05, 4.69) is 4.98 Å². The molecule has 0 aliphatic heterocycles. The van der Waals surface area contributed by atoms with Crippen LogP contribution in [0.25, 0.3) is 0 Å². The van der Waals surface area contributed by atoms with Crippen molar-refractivity contribution >= 4 is 23.2 Å². The molecule has 0 atom stereocenters. The smallest absolute Gasteiger partial charge is 0.224 e. The van der Waals surface area contributed by atoms with Gasteiger partial charge in [0.2, 0.25) is 5.92 Å². The molecule has 5 heteroatoms. The second-order valence-corrected chi connectivity index (χ2v) is 4.09. The minimum atomic E-state index is -2.56. The van der Waals surface area contributed by atoms with Crippen LogP contribution in [0.4, 0.5) is 8.78 Å². The lowest BCUT2D eigenvalue weighted by molar-refractivity contribution is -0.0513. The number of alkyl halides is 2. The maximum absolute atomic E-state index is 12.6. The zero-order chi connectivity index (χ0) is 10.3. The predicted molar refractivity (Wildman–Crippen MR) is 50.8 cm³/mol. The largest absolute Gasteiger partial charge is 0.249 e. The first-order chi connectivity index (χ1) is 6.46. The van der Waals surface area contributed by atoms with Gasteiger partial charge < -0.3 is 0 Å². The molecule has 0 spiro atoms. The number of pyridine rings is 1. The van der Waals surface area contributed by atoms with Gasteiger partial charge in [-0.3, -0.25) is 0 Å². The molecule has 1 radical (unpaired) electrons. The second kappa shape index (κ2) is 3.31. The van der Waals surface area contributed by atoms with Crippen LogP contribution in [0.5, 0.6) is 0 Å². The highest BCUT2D eigenvalue weighted by Crippen LogP contribution is 2.47. The van der Waals surface area contributed by atoms with Gasteiger partial charge in [0.1, 0.15) is 10.3 Å². The van der Waals surface area contributed by atoms with E-state index in [4.69, 9.17) is 23.2 Å². The summed E-state index contributed by atoms with van der Waals surface area (Å²) in [7, 11) is 0. The zero-order valence-electron chi connectivity index (χ0n) is 7.03. The molecule has 1 nitrogen and oxygen atoms in total. The summed E-state index contributed by atoms with van der Waals surface area (Å²) in [6.45, 7) is 0. The summed E-state index contributed by atoms with van der Waals surface area (Å²) in [6, 6.07) is 3.11. The molecular weight excluding hydrogens is 231 g/mol. The highest BCUT2D eigenvalue weighted by molar-refractivity contribution is 6.32. The van der Waals surface area contributed by atoms with Gasteiger partial charge in [0.05, 0.1) is 0 Å². The van der Waals surface area contributed by atoms with E-state index < -0.39 is 5.92 Å². The monoisotopic (exact) mass is 236 g/mol. The molecule has 2 rings (SSSR count). The predicted octanol–water partition coefficient (Wildman–Crippen LogP) is 3.74. The lowest BCUT2D eigenvalue weighted by Gasteiger charge is -2.34. The minimum absolute atomic E-state index is 0.205. The van der Waals surface area contributed by atoms with E-state index in [1.807, 2.05) is 0 Å². The molecule has 0 aromatic carbocycles. The molecular formula is C9H6Cl2F2N. The van der Waals surface area contributed by atoms with Crippen molar-refractivity contribution in [3.05, 3.63) is 33.9 Å². The average molecular weight is 237 g/mol. The number of hydrogen-bond donors (Lipinski definition) is 0. The van der Waals surface area contributed by atoms with Crippen molar-refractivity contribution in [3.8, 4) is 0 Å². The Hall–Kier alpha value is -0.410. The van der Waals surface area contributed by atoms with Gasteiger partial charge in [-0.1, -0.05) is 23.2 Å². The van der Waals surface area contributed by atoms with E-state index in [-0.39, 0.29) is 23.1 Å². The summed E-state index contributed by atoms with van der Waals surface area (Å²) >= 11 is 11.3. The lowest BCUT2D eigenvalue weighted by Crippen LogP contribution is -2.34.